The molecule has 0 saturated carbocycles. The molecule has 5 nitrogen and oxygen atoms in total. The van der Waals surface area contributed by atoms with Gasteiger partial charge in [0.05, 0.1) is 0 Å². The molecular weight excluding hydrogens is 349 g/mol. The van der Waals surface area contributed by atoms with Crippen molar-refractivity contribution in [3.63, 3.8) is 0 Å². The van der Waals surface area contributed by atoms with Gasteiger partial charge in [-0.05, 0) is 54.1 Å². The molecule has 1 aliphatic heterocycles. The average molecular weight is 373 g/mol. The minimum atomic E-state index is -4.64. The molecule has 1 fully saturated rings. The Morgan fingerprint density at radius 1 is 0.808 bits per heavy atom. The molecule has 138 valence electrons. The fourth-order valence-electron chi connectivity index (χ4n) is 3.92. The minimum Gasteiger partial charge on any atom is -0.317 e. The second-order valence-corrected chi connectivity index (χ2v) is 7.70. The zero-order valence-corrected chi connectivity index (χ0v) is 15.3. The number of hydrogen-bond acceptors (Lipinski definition) is 2. The standard InChI is InChI=1S/C20H21N.H3O4P/c1-3-7-18-15(5-1)9-10-16-6-2-4-8-19(16)20(18)17-11-13-21-14-12-17;1-5(2,3)4/h1-10,17,20-21H,11-14H2;(H3,1,2,3,4). The Morgan fingerprint density at radius 3 is 1.69 bits per heavy atom. The van der Waals surface area contributed by atoms with Gasteiger partial charge in [0.2, 0.25) is 0 Å². The lowest BCUT2D eigenvalue weighted by atomic mass is 9.75. The van der Waals surface area contributed by atoms with Gasteiger partial charge in [-0.2, -0.15) is 0 Å². The zero-order chi connectivity index (χ0) is 18.6. The monoisotopic (exact) mass is 373 g/mol. The summed E-state index contributed by atoms with van der Waals surface area (Å²) in [5, 5.41) is 3.50. The summed E-state index contributed by atoms with van der Waals surface area (Å²) in [5.41, 5.74) is 5.78. The summed E-state index contributed by atoms with van der Waals surface area (Å²) in [6.07, 6.45) is 7.12. The van der Waals surface area contributed by atoms with Crippen molar-refractivity contribution in [3.8, 4) is 0 Å². The largest absolute Gasteiger partial charge is 0.466 e. The molecule has 0 bridgehead atoms. The molecule has 1 saturated heterocycles. The van der Waals surface area contributed by atoms with Crippen LogP contribution in [-0.2, 0) is 4.57 Å². The highest BCUT2D eigenvalue weighted by Crippen LogP contribution is 2.42. The summed E-state index contributed by atoms with van der Waals surface area (Å²) in [6, 6.07) is 17.8. The Kier molecular flexibility index (Phi) is 6.07. The van der Waals surface area contributed by atoms with Crippen molar-refractivity contribution < 1.29 is 19.2 Å². The predicted octanol–water partition coefficient (Wildman–Crippen LogP) is 3.37. The van der Waals surface area contributed by atoms with Gasteiger partial charge in [0.1, 0.15) is 0 Å². The summed E-state index contributed by atoms with van der Waals surface area (Å²) in [4.78, 5) is 21.6. The van der Waals surface area contributed by atoms with Gasteiger partial charge in [-0.1, -0.05) is 60.7 Å². The lowest BCUT2D eigenvalue weighted by molar-refractivity contribution is 0.275. The van der Waals surface area contributed by atoms with Crippen LogP contribution in [-0.4, -0.2) is 27.8 Å². The molecule has 0 spiro atoms. The molecule has 0 aromatic heterocycles. The van der Waals surface area contributed by atoms with Gasteiger partial charge in [0.25, 0.3) is 0 Å². The molecule has 0 amide bonds. The van der Waals surface area contributed by atoms with Gasteiger partial charge >= 0.3 is 7.82 Å². The second kappa shape index (κ2) is 8.30. The summed E-state index contributed by atoms with van der Waals surface area (Å²) in [5.74, 6) is 1.28. The lowest BCUT2D eigenvalue weighted by Crippen LogP contribution is -2.31. The summed E-state index contributed by atoms with van der Waals surface area (Å²) < 4.78 is 8.88. The van der Waals surface area contributed by atoms with E-state index in [0.717, 1.165) is 19.0 Å². The van der Waals surface area contributed by atoms with Gasteiger partial charge in [-0.15, -0.1) is 0 Å². The van der Waals surface area contributed by atoms with E-state index < -0.39 is 7.82 Å². The smallest absolute Gasteiger partial charge is 0.317 e. The average Bonchev–Trinajstić information content (AvgIpc) is 2.78. The molecule has 1 aliphatic carbocycles. The number of benzene rings is 2. The Bertz CT molecular complexity index is 766. The van der Waals surface area contributed by atoms with Crippen molar-refractivity contribution in [1.29, 1.82) is 0 Å². The number of nitrogens with one attached hydrogen (secondary N) is 1. The van der Waals surface area contributed by atoms with Crippen LogP contribution in [0.15, 0.2) is 48.5 Å². The van der Waals surface area contributed by atoms with Crippen LogP contribution in [0.4, 0.5) is 0 Å². The van der Waals surface area contributed by atoms with Crippen LogP contribution in [0.5, 0.6) is 0 Å². The number of rotatable bonds is 1. The van der Waals surface area contributed by atoms with E-state index in [1.807, 2.05) is 0 Å². The SMILES string of the molecule is C1=Cc2ccccc2C(C2CCNCC2)c2ccccc21.O=P(O)(O)O. The van der Waals surface area contributed by atoms with Crippen LogP contribution >= 0.6 is 7.82 Å². The predicted molar refractivity (Wildman–Crippen MR) is 104 cm³/mol. The molecule has 6 heteroatoms. The molecule has 1 heterocycles. The van der Waals surface area contributed by atoms with E-state index in [-0.39, 0.29) is 0 Å². The molecule has 2 aliphatic rings. The van der Waals surface area contributed by atoms with E-state index in [2.05, 4.69) is 66.0 Å². The maximum Gasteiger partial charge on any atom is 0.466 e. The summed E-state index contributed by atoms with van der Waals surface area (Å²) >= 11 is 0. The van der Waals surface area contributed by atoms with Crippen LogP contribution < -0.4 is 5.32 Å². The van der Waals surface area contributed by atoms with Crippen molar-refractivity contribution in [2.24, 2.45) is 5.92 Å². The van der Waals surface area contributed by atoms with Gasteiger partial charge in [-0.25, -0.2) is 4.57 Å². The molecule has 2 aromatic carbocycles. The number of phosphoric acid groups is 1. The third-order valence-corrected chi connectivity index (χ3v) is 4.96. The quantitative estimate of drug-likeness (QED) is 0.576. The van der Waals surface area contributed by atoms with Crippen LogP contribution in [0, 0.1) is 5.92 Å². The Balaban J connectivity index is 0.000000349. The van der Waals surface area contributed by atoms with Crippen LogP contribution in [0.25, 0.3) is 12.2 Å². The lowest BCUT2D eigenvalue weighted by Gasteiger charge is -2.32. The van der Waals surface area contributed by atoms with Crippen LogP contribution in [0.1, 0.15) is 41.0 Å². The zero-order valence-electron chi connectivity index (χ0n) is 14.5. The Morgan fingerprint density at radius 2 is 1.23 bits per heavy atom. The maximum atomic E-state index is 8.88. The van der Waals surface area contributed by atoms with Crippen molar-refractivity contribution in [2.75, 3.05) is 13.1 Å². The van der Waals surface area contributed by atoms with Gasteiger partial charge < -0.3 is 20.0 Å². The number of fused-ring (bicyclic) bond motifs is 2. The van der Waals surface area contributed by atoms with Gasteiger partial charge in [0, 0.05) is 5.92 Å². The third-order valence-electron chi connectivity index (χ3n) is 4.96. The number of piperidine rings is 1. The third kappa shape index (κ3) is 4.91. The maximum absolute atomic E-state index is 8.88. The molecular formula is C20H24NO4P. The highest BCUT2D eigenvalue weighted by atomic mass is 31.2. The summed E-state index contributed by atoms with van der Waals surface area (Å²) in [7, 11) is -4.64. The fourth-order valence-corrected chi connectivity index (χ4v) is 3.92. The Labute approximate surface area is 153 Å². The first kappa shape index (κ1) is 19.0. The highest BCUT2D eigenvalue weighted by molar-refractivity contribution is 7.45. The van der Waals surface area contributed by atoms with E-state index in [1.165, 1.54) is 35.1 Å². The molecule has 4 N–H and O–H groups in total. The van der Waals surface area contributed by atoms with Crippen molar-refractivity contribution in [3.05, 3.63) is 70.8 Å². The van der Waals surface area contributed by atoms with E-state index >= 15 is 0 Å². The molecule has 0 unspecified atom stereocenters. The van der Waals surface area contributed by atoms with Crippen molar-refractivity contribution in [2.45, 2.75) is 18.8 Å². The van der Waals surface area contributed by atoms with E-state index in [1.54, 1.807) is 0 Å². The molecule has 0 atom stereocenters. The van der Waals surface area contributed by atoms with Crippen LogP contribution in [0.3, 0.4) is 0 Å². The molecule has 26 heavy (non-hydrogen) atoms. The Hall–Kier alpha value is -1.75. The minimum absolute atomic E-state index is 0.537. The molecule has 0 radical (unpaired) electrons. The molecule has 2 aromatic rings. The normalized spacial score (nSPS) is 17.5. The highest BCUT2D eigenvalue weighted by Gasteiger charge is 2.29. The first-order valence-electron chi connectivity index (χ1n) is 8.78. The summed E-state index contributed by atoms with van der Waals surface area (Å²) in [6.45, 7) is 2.30. The van der Waals surface area contributed by atoms with Gasteiger partial charge in [0.15, 0.2) is 0 Å². The first-order chi connectivity index (χ1) is 12.4. The van der Waals surface area contributed by atoms with E-state index in [0.29, 0.717) is 5.92 Å². The van der Waals surface area contributed by atoms with Gasteiger partial charge in [-0.3, -0.25) is 0 Å². The first-order valence-corrected chi connectivity index (χ1v) is 10.3. The second-order valence-electron chi connectivity index (χ2n) is 6.67. The van der Waals surface area contributed by atoms with E-state index in [4.69, 9.17) is 19.2 Å². The number of hydrogen-bond donors (Lipinski definition) is 4. The van der Waals surface area contributed by atoms with Crippen LogP contribution in [0.2, 0.25) is 0 Å². The van der Waals surface area contributed by atoms with Crippen molar-refractivity contribution in [1.82, 2.24) is 5.32 Å². The molecule has 4 rings (SSSR count). The fraction of sp³-hybridized carbons (Fsp3) is 0.300. The topological polar surface area (TPSA) is 89.8 Å². The van der Waals surface area contributed by atoms with Crippen molar-refractivity contribution >= 4 is 20.0 Å². The van der Waals surface area contributed by atoms with E-state index in [9.17, 15) is 0 Å².